The number of aromatic nitrogens is 3. The Morgan fingerprint density at radius 1 is 1.03 bits per heavy atom. The quantitative estimate of drug-likeness (QED) is 0.335. The van der Waals surface area contributed by atoms with Crippen LogP contribution in [0.25, 0.3) is 11.6 Å². The molecule has 0 bridgehead atoms. The Labute approximate surface area is 178 Å². The first kappa shape index (κ1) is 19.8. The van der Waals surface area contributed by atoms with Crippen LogP contribution in [0.15, 0.2) is 88.6 Å². The molecule has 0 fully saturated rings. The minimum absolute atomic E-state index is 0.104. The minimum atomic E-state index is -0.129. The third-order valence-corrected chi connectivity index (χ3v) is 5.50. The third kappa shape index (κ3) is 4.72. The maximum atomic E-state index is 12.7. The zero-order chi connectivity index (χ0) is 20.8. The second-order valence-electron chi connectivity index (χ2n) is 6.66. The summed E-state index contributed by atoms with van der Waals surface area (Å²) in [6.45, 7) is 0. The van der Waals surface area contributed by atoms with Gasteiger partial charge in [-0.25, -0.2) is 4.68 Å². The van der Waals surface area contributed by atoms with Crippen molar-refractivity contribution in [2.24, 2.45) is 0 Å². The van der Waals surface area contributed by atoms with Crippen molar-refractivity contribution in [2.45, 2.75) is 17.6 Å². The highest BCUT2D eigenvalue weighted by Gasteiger charge is 2.18. The maximum Gasteiger partial charge on any atom is 0.230 e. The Balaban J connectivity index is 1.42. The van der Waals surface area contributed by atoms with Crippen LogP contribution >= 0.6 is 11.8 Å². The van der Waals surface area contributed by atoms with E-state index in [4.69, 9.17) is 10.3 Å². The summed E-state index contributed by atoms with van der Waals surface area (Å²) >= 11 is 1.23. The first-order valence-corrected chi connectivity index (χ1v) is 10.4. The van der Waals surface area contributed by atoms with E-state index in [-0.39, 0.29) is 17.7 Å². The van der Waals surface area contributed by atoms with E-state index in [2.05, 4.69) is 27.6 Å². The predicted molar refractivity (Wildman–Crippen MR) is 116 cm³/mol. The zero-order valence-electron chi connectivity index (χ0n) is 16.1. The number of benzene rings is 2. The number of furan rings is 1. The molecule has 0 saturated carbocycles. The molecule has 8 heteroatoms. The van der Waals surface area contributed by atoms with Gasteiger partial charge < -0.3 is 15.6 Å². The number of nitrogens with one attached hydrogen (secondary N) is 1. The van der Waals surface area contributed by atoms with Gasteiger partial charge in [0.25, 0.3) is 0 Å². The van der Waals surface area contributed by atoms with Crippen LogP contribution < -0.4 is 11.2 Å². The first-order valence-electron chi connectivity index (χ1n) is 9.46. The second-order valence-corrected chi connectivity index (χ2v) is 7.61. The summed E-state index contributed by atoms with van der Waals surface area (Å²) in [5, 5.41) is 11.7. The lowest BCUT2D eigenvalue weighted by Gasteiger charge is -2.19. The molecule has 1 atom stereocenters. The van der Waals surface area contributed by atoms with Crippen molar-refractivity contribution in [3.8, 4) is 11.6 Å². The zero-order valence-corrected chi connectivity index (χ0v) is 17.0. The molecule has 0 spiro atoms. The highest BCUT2D eigenvalue weighted by Crippen LogP contribution is 2.23. The number of nitrogens with zero attached hydrogens (tertiary/aromatic N) is 3. The molecule has 30 heavy (non-hydrogen) atoms. The number of carbonyl (C=O) groups excluding carboxylic acids is 1. The molecule has 3 N–H and O–H groups in total. The molecule has 0 radical (unpaired) electrons. The van der Waals surface area contributed by atoms with Crippen LogP contribution in [0, 0.1) is 0 Å². The summed E-state index contributed by atoms with van der Waals surface area (Å²) in [5.74, 6) is 7.06. The molecule has 152 valence electrons. The Kier molecular flexibility index (Phi) is 6.14. The Bertz CT molecular complexity index is 1080. The van der Waals surface area contributed by atoms with Gasteiger partial charge in [0.2, 0.25) is 16.9 Å². The topological polar surface area (TPSA) is 99.0 Å². The highest BCUT2D eigenvalue weighted by atomic mass is 32.2. The average Bonchev–Trinajstić information content (AvgIpc) is 3.43. The van der Waals surface area contributed by atoms with Crippen LogP contribution in [0.2, 0.25) is 0 Å². The molecule has 1 unspecified atom stereocenters. The normalized spacial score (nSPS) is 11.9. The summed E-state index contributed by atoms with van der Waals surface area (Å²) < 4.78 is 6.63. The van der Waals surface area contributed by atoms with E-state index in [0.717, 1.165) is 11.1 Å². The first-order chi connectivity index (χ1) is 14.7. The molecule has 2 aromatic heterocycles. The standard InChI is InChI=1S/C22H21N5O2S/c23-27-21(19-12-7-13-29-19)25-26-22(27)30-15-20(28)24-18(17-10-5-2-6-11-17)14-16-8-3-1-4-9-16/h1-13,18H,14-15,23H2,(H,24,28). The summed E-state index contributed by atoms with van der Waals surface area (Å²) in [7, 11) is 0. The van der Waals surface area contributed by atoms with Crippen molar-refractivity contribution in [2.75, 3.05) is 11.6 Å². The molecule has 0 aliphatic carbocycles. The molecule has 4 aromatic rings. The number of hydrogen-bond acceptors (Lipinski definition) is 6. The smallest absolute Gasteiger partial charge is 0.230 e. The molecule has 0 aliphatic rings. The van der Waals surface area contributed by atoms with E-state index < -0.39 is 0 Å². The molecule has 4 rings (SSSR count). The molecule has 0 saturated heterocycles. The van der Waals surface area contributed by atoms with Crippen molar-refractivity contribution in [1.82, 2.24) is 20.2 Å². The van der Waals surface area contributed by atoms with Crippen molar-refractivity contribution in [1.29, 1.82) is 0 Å². The summed E-state index contributed by atoms with van der Waals surface area (Å²) in [5.41, 5.74) is 2.21. The number of nitrogen functional groups attached to an aromatic ring is 1. The fourth-order valence-electron chi connectivity index (χ4n) is 3.10. The second kappa shape index (κ2) is 9.32. The van der Waals surface area contributed by atoms with Gasteiger partial charge in [-0.3, -0.25) is 4.79 Å². The Hall–Kier alpha value is -3.52. The summed E-state index contributed by atoms with van der Waals surface area (Å²) in [6, 6.07) is 23.4. The van der Waals surface area contributed by atoms with Crippen molar-refractivity contribution < 1.29 is 9.21 Å². The summed E-state index contributed by atoms with van der Waals surface area (Å²) in [4.78, 5) is 12.7. The predicted octanol–water partition coefficient (Wildman–Crippen LogP) is 3.44. The van der Waals surface area contributed by atoms with Crippen molar-refractivity contribution in [3.63, 3.8) is 0 Å². The molecule has 1 amide bonds. The number of amides is 1. The van der Waals surface area contributed by atoms with E-state index in [9.17, 15) is 4.79 Å². The number of thioether (sulfide) groups is 1. The van der Waals surface area contributed by atoms with Crippen LogP contribution in [0.4, 0.5) is 0 Å². The monoisotopic (exact) mass is 419 g/mol. The average molecular weight is 420 g/mol. The van der Waals surface area contributed by atoms with Crippen LogP contribution in [-0.2, 0) is 11.2 Å². The Morgan fingerprint density at radius 3 is 2.47 bits per heavy atom. The van der Waals surface area contributed by atoms with Crippen LogP contribution in [0.3, 0.4) is 0 Å². The van der Waals surface area contributed by atoms with Crippen molar-refractivity contribution in [3.05, 3.63) is 90.2 Å². The van der Waals surface area contributed by atoms with Crippen molar-refractivity contribution >= 4 is 17.7 Å². The largest absolute Gasteiger partial charge is 0.461 e. The lowest BCUT2D eigenvalue weighted by molar-refractivity contribution is -0.119. The van der Waals surface area contributed by atoms with Crippen LogP contribution in [0.5, 0.6) is 0 Å². The highest BCUT2D eigenvalue weighted by molar-refractivity contribution is 7.99. The van der Waals surface area contributed by atoms with E-state index in [1.54, 1.807) is 18.4 Å². The lowest BCUT2D eigenvalue weighted by Crippen LogP contribution is -2.31. The van der Waals surface area contributed by atoms with E-state index in [0.29, 0.717) is 23.2 Å². The van der Waals surface area contributed by atoms with Gasteiger partial charge >= 0.3 is 0 Å². The van der Waals surface area contributed by atoms with Gasteiger partial charge in [0, 0.05) is 0 Å². The molecule has 7 nitrogen and oxygen atoms in total. The molecular formula is C22H21N5O2S. The van der Waals surface area contributed by atoms with Gasteiger partial charge in [-0.2, -0.15) is 0 Å². The molecule has 2 aromatic carbocycles. The van der Waals surface area contributed by atoms with Crippen LogP contribution in [0.1, 0.15) is 17.2 Å². The minimum Gasteiger partial charge on any atom is -0.461 e. The van der Waals surface area contributed by atoms with Gasteiger partial charge in [0.15, 0.2) is 5.76 Å². The maximum absolute atomic E-state index is 12.7. The number of hydrogen-bond donors (Lipinski definition) is 2. The molecule has 0 aliphatic heterocycles. The molecule has 2 heterocycles. The lowest BCUT2D eigenvalue weighted by atomic mass is 9.99. The number of rotatable bonds is 8. The van der Waals surface area contributed by atoms with Gasteiger partial charge in [-0.05, 0) is 29.7 Å². The number of carbonyl (C=O) groups is 1. The van der Waals surface area contributed by atoms with Gasteiger partial charge in [-0.1, -0.05) is 72.4 Å². The summed E-state index contributed by atoms with van der Waals surface area (Å²) in [6.07, 6.45) is 2.25. The van der Waals surface area contributed by atoms with Gasteiger partial charge in [0.05, 0.1) is 18.1 Å². The SMILES string of the molecule is Nn1c(SCC(=O)NC(Cc2ccccc2)c2ccccc2)nnc1-c1ccco1. The van der Waals surface area contributed by atoms with E-state index in [1.165, 1.54) is 16.4 Å². The van der Waals surface area contributed by atoms with Crippen LogP contribution in [-0.4, -0.2) is 26.5 Å². The Morgan fingerprint density at radius 2 is 1.77 bits per heavy atom. The van der Waals surface area contributed by atoms with E-state index >= 15 is 0 Å². The third-order valence-electron chi connectivity index (χ3n) is 4.56. The fraction of sp³-hybridized carbons (Fsp3) is 0.136. The van der Waals surface area contributed by atoms with Gasteiger partial charge in [0.1, 0.15) is 0 Å². The van der Waals surface area contributed by atoms with E-state index in [1.807, 2.05) is 48.5 Å². The molecular weight excluding hydrogens is 398 g/mol. The van der Waals surface area contributed by atoms with Gasteiger partial charge in [-0.15, -0.1) is 10.2 Å². The fourth-order valence-corrected chi connectivity index (χ4v) is 3.77. The number of nitrogens with two attached hydrogens (primary N) is 1.